The zero-order valence-electron chi connectivity index (χ0n) is 8.11. The van der Waals surface area contributed by atoms with Crippen LogP contribution in [0.3, 0.4) is 0 Å². The van der Waals surface area contributed by atoms with E-state index < -0.39 is 0 Å². The Balaban J connectivity index is 2.66. The zero-order chi connectivity index (χ0) is 9.84. The number of aliphatic hydroxyl groups excluding tert-OH is 1. The van der Waals surface area contributed by atoms with E-state index in [2.05, 4.69) is 9.97 Å². The summed E-state index contributed by atoms with van der Waals surface area (Å²) in [5.74, 6) is 0.642. The van der Waals surface area contributed by atoms with E-state index in [9.17, 15) is 0 Å². The Kier molecular flexibility index (Phi) is 3.69. The summed E-state index contributed by atoms with van der Waals surface area (Å²) in [5.41, 5.74) is 1.95. The van der Waals surface area contributed by atoms with Crippen LogP contribution in [-0.2, 0) is 0 Å². The molecule has 0 aliphatic carbocycles. The molecule has 0 aromatic carbocycles. The highest BCUT2D eigenvalue weighted by molar-refractivity contribution is 7.99. The molecule has 0 saturated carbocycles. The van der Waals surface area contributed by atoms with Gasteiger partial charge in [0.2, 0.25) is 0 Å². The molecule has 0 saturated heterocycles. The number of rotatable bonds is 3. The van der Waals surface area contributed by atoms with E-state index in [1.807, 2.05) is 19.9 Å². The summed E-state index contributed by atoms with van der Waals surface area (Å²) in [6.45, 7) is 5.65. The lowest BCUT2D eigenvalue weighted by Gasteiger charge is -2.04. The summed E-state index contributed by atoms with van der Waals surface area (Å²) in [5, 5.41) is 9.82. The number of hydrogen-bond acceptors (Lipinski definition) is 4. The molecule has 0 fully saturated rings. The van der Waals surface area contributed by atoms with Gasteiger partial charge in [0, 0.05) is 17.1 Å². The Morgan fingerprint density at radius 1 is 1.38 bits per heavy atom. The number of aryl methyl sites for hydroxylation is 2. The van der Waals surface area contributed by atoms with Crippen LogP contribution in [0.5, 0.6) is 0 Å². The van der Waals surface area contributed by atoms with Crippen LogP contribution in [0, 0.1) is 13.8 Å². The SMILES string of the molecule is Cc1cc(C)nc(SCC(C)O)n1. The van der Waals surface area contributed by atoms with Gasteiger partial charge in [-0.3, -0.25) is 0 Å². The summed E-state index contributed by atoms with van der Waals surface area (Å²) in [6, 6.07) is 1.94. The number of aliphatic hydroxyl groups is 1. The van der Waals surface area contributed by atoms with Crippen molar-refractivity contribution in [2.24, 2.45) is 0 Å². The molecule has 0 amide bonds. The highest BCUT2D eigenvalue weighted by Crippen LogP contribution is 2.14. The smallest absolute Gasteiger partial charge is 0.188 e. The van der Waals surface area contributed by atoms with Crippen LogP contribution in [0.4, 0.5) is 0 Å². The summed E-state index contributed by atoms with van der Waals surface area (Å²) in [7, 11) is 0. The van der Waals surface area contributed by atoms with Gasteiger partial charge in [-0.1, -0.05) is 11.8 Å². The fourth-order valence-corrected chi connectivity index (χ4v) is 1.76. The van der Waals surface area contributed by atoms with Gasteiger partial charge < -0.3 is 5.11 Å². The number of aromatic nitrogens is 2. The highest BCUT2D eigenvalue weighted by Gasteiger charge is 2.02. The first-order valence-electron chi connectivity index (χ1n) is 4.21. The molecule has 1 N–H and O–H groups in total. The van der Waals surface area contributed by atoms with Crippen molar-refractivity contribution >= 4 is 11.8 Å². The predicted octanol–water partition coefficient (Wildman–Crippen LogP) is 1.57. The van der Waals surface area contributed by atoms with Crippen molar-refractivity contribution in [3.05, 3.63) is 17.5 Å². The molecule has 0 radical (unpaired) electrons. The van der Waals surface area contributed by atoms with E-state index in [0.29, 0.717) is 5.75 Å². The molecule has 0 spiro atoms. The van der Waals surface area contributed by atoms with Crippen molar-refractivity contribution in [3.63, 3.8) is 0 Å². The second-order valence-electron chi connectivity index (χ2n) is 3.09. The molecule has 1 heterocycles. The fraction of sp³-hybridized carbons (Fsp3) is 0.556. The highest BCUT2D eigenvalue weighted by atomic mass is 32.2. The van der Waals surface area contributed by atoms with E-state index in [1.165, 1.54) is 11.8 Å². The predicted molar refractivity (Wildman–Crippen MR) is 53.9 cm³/mol. The first-order valence-corrected chi connectivity index (χ1v) is 5.19. The Morgan fingerprint density at radius 3 is 2.38 bits per heavy atom. The Bertz CT molecular complexity index is 269. The molecule has 1 unspecified atom stereocenters. The average molecular weight is 198 g/mol. The van der Waals surface area contributed by atoms with Crippen LogP contribution in [0.25, 0.3) is 0 Å². The van der Waals surface area contributed by atoms with Crippen molar-refractivity contribution in [2.75, 3.05) is 5.75 Å². The summed E-state index contributed by atoms with van der Waals surface area (Å²) >= 11 is 1.48. The first kappa shape index (κ1) is 10.5. The molecular formula is C9H14N2OS. The van der Waals surface area contributed by atoms with Gasteiger partial charge in [0.15, 0.2) is 5.16 Å². The normalized spacial score (nSPS) is 12.9. The summed E-state index contributed by atoms with van der Waals surface area (Å²) in [4.78, 5) is 8.49. The molecule has 1 aromatic heterocycles. The fourth-order valence-electron chi connectivity index (χ4n) is 0.953. The molecule has 1 aromatic rings. The number of hydrogen-bond donors (Lipinski definition) is 1. The Hall–Kier alpha value is -0.610. The summed E-state index contributed by atoms with van der Waals surface area (Å²) in [6.07, 6.45) is -0.311. The van der Waals surface area contributed by atoms with Gasteiger partial charge >= 0.3 is 0 Å². The first-order chi connectivity index (χ1) is 6.08. The quantitative estimate of drug-likeness (QED) is 0.591. The van der Waals surface area contributed by atoms with Crippen LogP contribution < -0.4 is 0 Å². The third-order valence-corrected chi connectivity index (χ3v) is 2.51. The molecule has 0 aliphatic heterocycles. The van der Waals surface area contributed by atoms with E-state index in [4.69, 9.17) is 5.11 Å². The maximum atomic E-state index is 9.08. The van der Waals surface area contributed by atoms with Gasteiger partial charge in [0.05, 0.1) is 6.10 Å². The molecule has 13 heavy (non-hydrogen) atoms. The van der Waals surface area contributed by atoms with Crippen LogP contribution in [0.15, 0.2) is 11.2 Å². The standard InChI is InChI=1S/C9H14N2OS/c1-6-4-7(2)11-9(10-6)13-5-8(3)12/h4,8,12H,5H2,1-3H3. The molecule has 3 nitrogen and oxygen atoms in total. The van der Waals surface area contributed by atoms with Crippen LogP contribution in [-0.4, -0.2) is 26.9 Å². The minimum Gasteiger partial charge on any atom is -0.393 e. The second-order valence-corrected chi connectivity index (χ2v) is 4.08. The van der Waals surface area contributed by atoms with Gasteiger partial charge in [0.1, 0.15) is 0 Å². The Labute approximate surface area is 82.6 Å². The lowest BCUT2D eigenvalue weighted by molar-refractivity contribution is 0.220. The van der Waals surface area contributed by atoms with Crippen molar-refractivity contribution in [1.82, 2.24) is 9.97 Å². The lowest BCUT2D eigenvalue weighted by atomic mass is 10.4. The van der Waals surface area contributed by atoms with Crippen LogP contribution in [0.1, 0.15) is 18.3 Å². The van der Waals surface area contributed by atoms with Crippen molar-refractivity contribution < 1.29 is 5.11 Å². The minimum absolute atomic E-state index is 0.311. The monoisotopic (exact) mass is 198 g/mol. The molecule has 0 aliphatic rings. The maximum Gasteiger partial charge on any atom is 0.188 e. The van der Waals surface area contributed by atoms with Crippen molar-refractivity contribution in [1.29, 1.82) is 0 Å². The van der Waals surface area contributed by atoms with Gasteiger partial charge in [-0.05, 0) is 26.8 Å². The van der Waals surface area contributed by atoms with E-state index >= 15 is 0 Å². The molecule has 4 heteroatoms. The molecule has 0 bridgehead atoms. The largest absolute Gasteiger partial charge is 0.393 e. The van der Waals surface area contributed by atoms with Crippen LogP contribution >= 0.6 is 11.8 Å². The number of thioether (sulfide) groups is 1. The summed E-state index contributed by atoms with van der Waals surface area (Å²) < 4.78 is 0. The molecule has 1 rings (SSSR count). The zero-order valence-corrected chi connectivity index (χ0v) is 8.93. The van der Waals surface area contributed by atoms with E-state index in [0.717, 1.165) is 16.5 Å². The molecular weight excluding hydrogens is 184 g/mol. The third-order valence-electron chi connectivity index (χ3n) is 1.42. The van der Waals surface area contributed by atoms with E-state index in [-0.39, 0.29) is 6.10 Å². The lowest BCUT2D eigenvalue weighted by Crippen LogP contribution is -2.04. The average Bonchev–Trinajstić information content (AvgIpc) is 1.99. The van der Waals surface area contributed by atoms with Crippen LogP contribution in [0.2, 0.25) is 0 Å². The second kappa shape index (κ2) is 4.58. The van der Waals surface area contributed by atoms with Crippen molar-refractivity contribution in [3.8, 4) is 0 Å². The van der Waals surface area contributed by atoms with Gasteiger partial charge in [-0.15, -0.1) is 0 Å². The third kappa shape index (κ3) is 3.74. The molecule has 72 valence electrons. The Morgan fingerprint density at radius 2 is 1.92 bits per heavy atom. The number of nitrogens with zero attached hydrogens (tertiary/aromatic N) is 2. The topological polar surface area (TPSA) is 46.0 Å². The van der Waals surface area contributed by atoms with Gasteiger partial charge in [0.25, 0.3) is 0 Å². The van der Waals surface area contributed by atoms with Gasteiger partial charge in [-0.2, -0.15) is 0 Å². The van der Waals surface area contributed by atoms with E-state index in [1.54, 1.807) is 6.92 Å². The maximum absolute atomic E-state index is 9.08. The van der Waals surface area contributed by atoms with Crippen molar-refractivity contribution in [2.45, 2.75) is 32.0 Å². The van der Waals surface area contributed by atoms with Gasteiger partial charge in [-0.25, -0.2) is 9.97 Å². The molecule has 1 atom stereocenters. The minimum atomic E-state index is -0.311.